The first kappa shape index (κ1) is 9.17. The third kappa shape index (κ3) is 1.17. The van der Waals surface area contributed by atoms with Crippen LogP contribution in [0.25, 0.3) is 0 Å². The molecule has 0 aromatic carbocycles. The molecule has 4 atom stereocenters. The fourth-order valence-electron chi connectivity index (χ4n) is 3.45. The van der Waals surface area contributed by atoms with Crippen molar-refractivity contribution in [2.75, 3.05) is 13.1 Å². The van der Waals surface area contributed by atoms with Crippen LogP contribution in [0.3, 0.4) is 0 Å². The number of nitrogens with two attached hydrogens (primary N) is 1. The fraction of sp³-hybridized carbons (Fsp3) is 1.00. The number of hydrogen-bond donors (Lipinski definition) is 1. The van der Waals surface area contributed by atoms with Crippen molar-refractivity contribution in [2.24, 2.45) is 23.0 Å². The Hall–Kier alpha value is -0.0800. The predicted molar refractivity (Wildman–Crippen MR) is 57.9 cm³/mol. The van der Waals surface area contributed by atoms with Crippen LogP contribution in [0.2, 0.25) is 0 Å². The molecule has 0 bridgehead atoms. The van der Waals surface area contributed by atoms with Gasteiger partial charge in [0.25, 0.3) is 0 Å². The summed E-state index contributed by atoms with van der Waals surface area (Å²) in [6.07, 6.45) is 4.19. The number of hydrogen-bond acceptors (Lipinski definition) is 2. The van der Waals surface area contributed by atoms with Crippen LogP contribution in [-0.4, -0.2) is 30.1 Å². The molecular formula is C12H22N2. The monoisotopic (exact) mass is 194 g/mol. The Bertz CT molecular complexity index is 249. The van der Waals surface area contributed by atoms with Crippen LogP contribution in [0.1, 0.15) is 33.1 Å². The lowest BCUT2D eigenvalue weighted by Gasteiger charge is -2.56. The lowest BCUT2D eigenvalue weighted by atomic mass is 9.62. The van der Waals surface area contributed by atoms with Gasteiger partial charge in [-0.3, -0.25) is 4.90 Å². The van der Waals surface area contributed by atoms with Gasteiger partial charge in [-0.2, -0.15) is 0 Å². The van der Waals surface area contributed by atoms with Gasteiger partial charge < -0.3 is 5.73 Å². The Kier molecular flexibility index (Phi) is 1.79. The van der Waals surface area contributed by atoms with Crippen molar-refractivity contribution in [3.63, 3.8) is 0 Å². The van der Waals surface area contributed by atoms with Gasteiger partial charge in [0, 0.05) is 18.6 Å². The molecule has 3 aliphatic rings. The standard InChI is InChI=1S/C12H22N2/c1-12(2)10(13)6-11(12)14-4-3-8-5-9(8)7-14/h8-11H,3-7,13H2,1-2H3. The first-order valence-electron chi connectivity index (χ1n) is 6.08. The molecule has 2 aliphatic carbocycles. The Balaban J connectivity index is 1.66. The third-order valence-electron chi connectivity index (χ3n) is 5.06. The Morgan fingerprint density at radius 2 is 2.00 bits per heavy atom. The van der Waals surface area contributed by atoms with Gasteiger partial charge in [0.1, 0.15) is 0 Å². The number of likely N-dealkylation sites (tertiary alicyclic amines) is 1. The zero-order chi connectivity index (χ0) is 9.92. The first-order chi connectivity index (χ1) is 6.59. The average molecular weight is 194 g/mol. The van der Waals surface area contributed by atoms with Gasteiger partial charge in [-0.1, -0.05) is 13.8 Å². The molecule has 0 radical (unpaired) electrons. The molecule has 1 aliphatic heterocycles. The molecule has 4 unspecified atom stereocenters. The minimum absolute atomic E-state index is 0.363. The summed E-state index contributed by atoms with van der Waals surface area (Å²) in [4.78, 5) is 2.72. The molecule has 1 heterocycles. The summed E-state index contributed by atoms with van der Waals surface area (Å²) in [5.41, 5.74) is 6.43. The van der Waals surface area contributed by atoms with Gasteiger partial charge in [-0.15, -0.1) is 0 Å². The number of rotatable bonds is 1. The van der Waals surface area contributed by atoms with Crippen molar-refractivity contribution in [1.29, 1.82) is 0 Å². The Morgan fingerprint density at radius 1 is 1.21 bits per heavy atom. The zero-order valence-electron chi connectivity index (χ0n) is 9.37. The number of nitrogens with zero attached hydrogens (tertiary/aromatic N) is 1. The number of piperidine rings is 1. The molecule has 1 saturated heterocycles. The van der Waals surface area contributed by atoms with E-state index in [1.807, 2.05) is 0 Å². The molecule has 0 aromatic rings. The van der Waals surface area contributed by atoms with Gasteiger partial charge in [0.05, 0.1) is 0 Å². The summed E-state index contributed by atoms with van der Waals surface area (Å²) in [5, 5.41) is 0. The average Bonchev–Trinajstić information content (AvgIpc) is 2.91. The van der Waals surface area contributed by atoms with Crippen LogP contribution in [-0.2, 0) is 0 Å². The van der Waals surface area contributed by atoms with E-state index in [9.17, 15) is 0 Å². The van der Waals surface area contributed by atoms with Crippen molar-refractivity contribution >= 4 is 0 Å². The van der Waals surface area contributed by atoms with Crippen molar-refractivity contribution in [1.82, 2.24) is 4.90 Å². The van der Waals surface area contributed by atoms with Crippen LogP contribution < -0.4 is 5.73 Å². The van der Waals surface area contributed by atoms with Crippen molar-refractivity contribution in [3.8, 4) is 0 Å². The topological polar surface area (TPSA) is 29.3 Å². The maximum atomic E-state index is 6.07. The smallest absolute Gasteiger partial charge is 0.0176 e. The summed E-state index contributed by atoms with van der Waals surface area (Å²) in [7, 11) is 0. The zero-order valence-corrected chi connectivity index (χ0v) is 9.37. The van der Waals surface area contributed by atoms with Crippen LogP contribution in [0, 0.1) is 17.3 Å². The van der Waals surface area contributed by atoms with Gasteiger partial charge in [0.15, 0.2) is 0 Å². The summed E-state index contributed by atoms with van der Waals surface area (Å²) in [5.74, 6) is 2.15. The molecule has 3 rings (SSSR count). The quantitative estimate of drug-likeness (QED) is 0.684. The van der Waals surface area contributed by atoms with Gasteiger partial charge in [0.2, 0.25) is 0 Å². The minimum atomic E-state index is 0.363. The molecule has 0 aromatic heterocycles. The van der Waals surface area contributed by atoms with Crippen molar-refractivity contribution < 1.29 is 0 Å². The Morgan fingerprint density at radius 3 is 2.57 bits per heavy atom. The Labute approximate surface area is 86.8 Å². The molecule has 2 nitrogen and oxygen atoms in total. The second-order valence-electron chi connectivity index (χ2n) is 6.22. The largest absolute Gasteiger partial charge is 0.327 e. The molecular weight excluding hydrogens is 172 g/mol. The van der Waals surface area contributed by atoms with E-state index >= 15 is 0 Å². The second kappa shape index (κ2) is 2.73. The first-order valence-corrected chi connectivity index (χ1v) is 6.08. The van der Waals surface area contributed by atoms with Gasteiger partial charge >= 0.3 is 0 Å². The second-order valence-corrected chi connectivity index (χ2v) is 6.22. The SMILES string of the molecule is CC1(C)C(N)CC1N1CCC2CC2C1. The molecule has 3 fully saturated rings. The maximum Gasteiger partial charge on any atom is 0.0176 e. The highest BCUT2D eigenvalue weighted by molar-refractivity contribution is 5.07. The third-order valence-corrected chi connectivity index (χ3v) is 5.06. The van der Waals surface area contributed by atoms with Crippen LogP contribution in [0.15, 0.2) is 0 Å². The molecule has 0 amide bonds. The highest BCUT2D eigenvalue weighted by atomic mass is 15.2. The summed E-state index contributed by atoms with van der Waals surface area (Å²) >= 11 is 0. The minimum Gasteiger partial charge on any atom is -0.327 e. The summed E-state index contributed by atoms with van der Waals surface area (Å²) in [6, 6.07) is 1.21. The van der Waals surface area contributed by atoms with Gasteiger partial charge in [-0.25, -0.2) is 0 Å². The van der Waals surface area contributed by atoms with Gasteiger partial charge in [-0.05, 0) is 43.1 Å². The van der Waals surface area contributed by atoms with E-state index in [-0.39, 0.29) is 0 Å². The van der Waals surface area contributed by atoms with Crippen LogP contribution in [0.4, 0.5) is 0 Å². The van der Waals surface area contributed by atoms with Crippen LogP contribution >= 0.6 is 0 Å². The lowest BCUT2D eigenvalue weighted by molar-refractivity contribution is -0.0321. The van der Waals surface area contributed by atoms with Crippen molar-refractivity contribution in [2.45, 2.75) is 45.2 Å². The molecule has 80 valence electrons. The normalized spacial score (nSPS) is 50.8. The van der Waals surface area contributed by atoms with E-state index in [1.54, 1.807) is 0 Å². The molecule has 0 spiro atoms. The number of fused-ring (bicyclic) bond motifs is 1. The molecule has 14 heavy (non-hydrogen) atoms. The molecule has 2 heteroatoms. The van der Waals surface area contributed by atoms with Crippen LogP contribution in [0.5, 0.6) is 0 Å². The summed E-state index contributed by atoms with van der Waals surface area (Å²) < 4.78 is 0. The van der Waals surface area contributed by atoms with E-state index in [2.05, 4.69) is 18.7 Å². The van der Waals surface area contributed by atoms with E-state index in [1.165, 1.54) is 32.4 Å². The molecule has 2 saturated carbocycles. The van der Waals surface area contributed by atoms with Crippen molar-refractivity contribution in [3.05, 3.63) is 0 Å². The van der Waals surface area contributed by atoms with E-state index < -0.39 is 0 Å². The molecule has 2 N–H and O–H groups in total. The lowest BCUT2D eigenvalue weighted by Crippen LogP contribution is -2.65. The highest BCUT2D eigenvalue weighted by Gasteiger charge is 2.52. The van der Waals surface area contributed by atoms with E-state index in [0.29, 0.717) is 11.5 Å². The van der Waals surface area contributed by atoms with E-state index in [4.69, 9.17) is 5.73 Å². The maximum absolute atomic E-state index is 6.07. The van der Waals surface area contributed by atoms with E-state index in [0.717, 1.165) is 17.9 Å². The summed E-state index contributed by atoms with van der Waals surface area (Å²) in [6.45, 7) is 7.38. The predicted octanol–water partition coefficient (Wildman–Crippen LogP) is 1.45. The fourth-order valence-corrected chi connectivity index (χ4v) is 3.45. The highest BCUT2D eigenvalue weighted by Crippen LogP contribution is 2.49.